The Hall–Kier alpha value is 1.15. The number of hydrogen-bond donors (Lipinski definition) is 0. The molecule has 0 aliphatic rings. The summed E-state index contributed by atoms with van der Waals surface area (Å²) in [5.74, 6) is 0. The minimum atomic E-state index is 0. The minimum absolute atomic E-state index is 0. The second-order valence-electron chi connectivity index (χ2n) is 0.781. The van der Waals surface area contributed by atoms with Gasteiger partial charge in [-0.1, -0.05) is 0 Å². The zero-order valence-electron chi connectivity index (χ0n) is 6.55. The van der Waals surface area contributed by atoms with E-state index in [1.165, 1.54) is 0 Å². The third-order valence-electron chi connectivity index (χ3n) is 0.408. The molecule has 0 rings (SSSR count). The standard InChI is InChI=1S/C4H10O.3B.Na/c1-3-5-4-2;;;;/h3-4H2,1-2H3;;;;. The average Bonchev–Trinajstić information content (AvgIpc) is 1.41. The molecule has 0 aliphatic carbocycles. The molecule has 0 saturated carbocycles. The fourth-order valence-corrected chi connectivity index (χ4v) is 0.204. The number of ether oxygens (including phenoxy) is 1. The minimum Gasteiger partial charge on any atom is -0.382 e. The van der Waals surface area contributed by atoms with E-state index in [1.54, 1.807) is 0 Å². The van der Waals surface area contributed by atoms with E-state index in [2.05, 4.69) is 0 Å². The first kappa shape index (κ1) is 32.0. The summed E-state index contributed by atoms with van der Waals surface area (Å²) in [6, 6.07) is 0. The molecule has 0 N–H and O–H groups in total. The Kier molecular flexibility index (Phi) is 126. The van der Waals surface area contributed by atoms with Crippen molar-refractivity contribution < 1.29 is 4.74 Å². The van der Waals surface area contributed by atoms with E-state index in [-0.39, 0.29) is 54.8 Å². The van der Waals surface area contributed by atoms with Crippen LogP contribution in [0.15, 0.2) is 0 Å². The van der Waals surface area contributed by atoms with E-state index in [9.17, 15) is 0 Å². The molecule has 0 aromatic rings. The van der Waals surface area contributed by atoms with Crippen LogP contribution in [0.4, 0.5) is 0 Å². The zero-order valence-corrected chi connectivity index (χ0v) is 8.55. The first-order valence-electron chi connectivity index (χ1n) is 1.99. The van der Waals surface area contributed by atoms with Crippen molar-refractivity contribution in [2.24, 2.45) is 0 Å². The largest absolute Gasteiger partial charge is 0.382 e. The number of rotatable bonds is 2. The molecule has 1 nitrogen and oxygen atoms in total. The third-order valence-corrected chi connectivity index (χ3v) is 0.408. The van der Waals surface area contributed by atoms with Gasteiger partial charge in [0, 0.05) is 68.0 Å². The molecule has 0 amide bonds. The Balaban J connectivity index is -0.0000000133. The van der Waals surface area contributed by atoms with Gasteiger partial charge in [0.2, 0.25) is 0 Å². The van der Waals surface area contributed by atoms with Crippen molar-refractivity contribution in [2.45, 2.75) is 13.8 Å². The SMILES string of the molecule is CCOCC.[B].[B].[B].[Na]. The molecule has 42 valence electrons. The Bertz CT molecular complexity index is 23.3. The van der Waals surface area contributed by atoms with Crippen LogP contribution in [-0.2, 0) is 4.74 Å². The maximum atomic E-state index is 4.83. The van der Waals surface area contributed by atoms with Crippen molar-refractivity contribution in [3.05, 3.63) is 0 Å². The number of hydrogen-bond acceptors (Lipinski definition) is 1. The zero-order chi connectivity index (χ0) is 4.12. The molecule has 0 unspecified atom stereocenters. The average molecular weight is 130 g/mol. The van der Waals surface area contributed by atoms with Gasteiger partial charge in [-0.25, -0.2) is 0 Å². The molecule has 0 spiro atoms. The third kappa shape index (κ3) is 47.1. The van der Waals surface area contributed by atoms with Gasteiger partial charge in [-0.2, -0.15) is 0 Å². The van der Waals surface area contributed by atoms with Crippen LogP contribution in [0.3, 0.4) is 0 Å². The summed E-state index contributed by atoms with van der Waals surface area (Å²) < 4.78 is 4.83. The van der Waals surface area contributed by atoms with E-state index >= 15 is 0 Å². The van der Waals surface area contributed by atoms with E-state index in [4.69, 9.17) is 4.74 Å². The van der Waals surface area contributed by atoms with Crippen molar-refractivity contribution in [1.82, 2.24) is 0 Å². The molecule has 9 heavy (non-hydrogen) atoms. The monoisotopic (exact) mass is 130 g/mol. The molecule has 10 radical (unpaired) electrons. The second-order valence-corrected chi connectivity index (χ2v) is 0.781. The summed E-state index contributed by atoms with van der Waals surface area (Å²) in [7, 11) is 0. The molecule has 0 aliphatic heterocycles. The van der Waals surface area contributed by atoms with Gasteiger partial charge in [0.25, 0.3) is 0 Å². The van der Waals surface area contributed by atoms with E-state index in [0.717, 1.165) is 13.2 Å². The van der Waals surface area contributed by atoms with Gasteiger partial charge in [-0.05, 0) is 13.8 Å². The molecule has 0 aromatic heterocycles. The Morgan fingerprint density at radius 2 is 1.11 bits per heavy atom. The normalized spacial score (nSPS) is 4.67. The summed E-state index contributed by atoms with van der Waals surface area (Å²) in [4.78, 5) is 0. The van der Waals surface area contributed by atoms with Crippen LogP contribution in [0.25, 0.3) is 0 Å². The maximum Gasteiger partial charge on any atom is 0.0437 e. The molecule has 0 saturated heterocycles. The summed E-state index contributed by atoms with van der Waals surface area (Å²) in [5.41, 5.74) is 0. The summed E-state index contributed by atoms with van der Waals surface area (Å²) in [5, 5.41) is 0. The van der Waals surface area contributed by atoms with Gasteiger partial charge in [0.1, 0.15) is 0 Å². The van der Waals surface area contributed by atoms with E-state index in [0.29, 0.717) is 0 Å². The first-order chi connectivity index (χ1) is 2.41. The Morgan fingerprint density at radius 1 is 0.889 bits per heavy atom. The van der Waals surface area contributed by atoms with Crippen molar-refractivity contribution in [3.63, 3.8) is 0 Å². The van der Waals surface area contributed by atoms with Crippen LogP contribution in [-0.4, -0.2) is 68.0 Å². The van der Waals surface area contributed by atoms with Crippen LogP contribution in [0, 0.1) is 0 Å². The predicted octanol–water partition coefficient (Wildman–Crippen LogP) is -0.480. The molecule has 5 heteroatoms. The Morgan fingerprint density at radius 3 is 1.11 bits per heavy atom. The van der Waals surface area contributed by atoms with Gasteiger partial charge in [-0.15, -0.1) is 0 Å². The second kappa shape index (κ2) is 35.3. The molecule has 0 bridgehead atoms. The van der Waals surface area contributed by atoms with Gasteiger partial charge in [-0.3, -0.25) is 0 Å². The van der Waals surface area contributed by atoms with Crippen LogP contribution >= 0.6 is 0 Å². The summed E-state index contributed by atoms with van der Waals surface area (Å²) >= 11 is 0. The van der Waals surface area contributed by atoms with Crippen molar-refractivity contribution in [2.75, 3.05) is 13.2 Å². The summed E-state index contributed by atoms with van der Waals surface area (Å²) in [6.07, 6.45) is 0. The summed E-state index contributed by atoms with van der Waals surface area (Å²) in [6.45, 7) is 5.67. The fraction of sp³-hybridized carbons (Fsp3) is 1.00. The van der Waals surface area contributed by atoms with Crippen LogP contribution in [0.2, 0.25) is 0 Å². The van der Waals surface area contributed by atoms with Crippen molar-refractivity contribution in [3.8, 4) is 0 Å². The topological polar surface area (TPSA) is 9.23 Å². The molecular formula is C4H10B3NaO. The quantitative estimate of drug-likeness (QED) is 0.458. The van der Waals surface area contributed by atoms with Gasteiger partial charge in [0.15, 0.2) is 0 Å². The van der Waals surface area contributed by atoms with Gasteiger partial charge < -0.3 is 4.74 Å². The molecule has 0 aromatic carbocycles. The maximum absolute atomic E-state index is 4.83. The Labute approximate surface area is 86.3 Å². The molecular weight excluding hydrogens is 119 g/mol. The van der Waals surface area contributed by atoms with Crippen molar-refractivity contribution in [1.29, 1.82) is 0 Å². The first-order valence-corrected chi connectivity index (χ1v) is 1.99. The molecule has 0 atom stereocenters. The van der Waals surface area contributed by atoms with Crippen LogP contribution < -0.4 is 0 Å². The van der Waals surface area contributed by atoms with Crippen molar-refractivity contribution >= 4 is 54.8 Å². The molecule has 0 heterocycles. The fourth-order valence-electron chi connectivity index (χ4n) is 0.204. The van der Waals surface area contributed by atoms with Gasteiger partial charge >= 0.3 is 0 Å². The smallest absolute Gasteiger partial charge is 0.0437 e. The van der Waals surface area contributed by atoms with E-state index in [1.807, 2.05) is 13.8 Å². The van der Waals surface area contributed by atoms with E-state index < -0.39 is 0 Å². The van der Waals surface area contributed by atoms with Crippen LogP contribution in [0.1, 0.15) is 13.8 Å². The van der Waals surface area contributed by atoms with Crippen LogP contribution in [0.5, 0.6) is 0 Å². The predicted molar refractivity (Wildman–Crippen MR) is 45.2 cm³/mol. The van der Waals surface area contributed by atoms with Gasteiger partial charge in [0.05, 0.1) is 0 Å². The molecule has 0 fully saturated rings.